The average Bonchev–Trinajstić information content (AvgIpc) is 2.56. The number of alkyl carbamates (subject to hydrolysis) is 1. The van der Waals surface area contributed by atoms with Crippen LogP contribution in [-0.2, 0) is 37.6 Å². The molecule has 0 bridgehead atoms. The number of hydrogen-bond acceptors (Lipinski definition) is 6. The van der Waals surface area contributed by atoms with Crippen molar-refractivity contribution < 1.29 is 32.1 Å². The van der Waals surface area contributed by atoms with E-state index in [0.717, 1.165) is 5.56 Å². The van der Waals surface area contributed by atoms with Crippen LogP contribution in [0, 0.1) is 0 Å². The lowest BCUT2D eigenvalue weighted by Gasteiger charge is -2.32. The Labute approximate surface area is 174 Å². The highest BCUT2D eigenvalue weighted by Crippen LogP contribution is 2.24. The van der Waals surface area contributed by atoms with Gasteiger partial charge in [-0.15, -0.1) is 0 Å². The molecule has 0 saturated heterocycles. The number of carbonyl (C=O) groups is 3. The predicted molar refractivity (Wildman–Crippen MR) is 108 cm³/mol. The summed E-state index contributed by atoms with van der Waals surface area (Å²) in [6, 6.07) is 3.51. The highest BCUT2D eigenvalue weighted by atomic mass is 32.2. The summed E-state index contributed by atoms with van der Waals surface area (Å²) in [6.07, 6.45) is -0.756. The molecule has 1 heterocycles. The number of nitrogens with one attached hydrogen (secondary N) is 2. The van der Waals surface area contributed by atoms with E-state index in [-0.39, 0.29) is 12.2 Å². The molecule has 0 saturated carbocycles. The van der Waals surface area contributed by atoms with Crippen LogP contribution in [0.2, 0.25) is 0 Å². The smallest absolute Gasteiger partial charge is 0.408 e. The largest absolute Gasteiger partial charge is 0.444 e. The summed E-state index contributed by atoms with van der Waals surface area (Å²) < 4.78 is 38.1. The van der Waals surface area contributed by atoms with E-state index in [1.165, 1.54) is 17.0 Å². The third-order valence-corrected chi connectivity index (χ3v) is 4.67. The van der Waals surface area contributed by atoms with Crippen LogP contribution in [0.4, 0.5) is 10.5 Å². The molecular weight excluding hydrogens is 416 g/mol. The molecule has 3 amide bonds. The number of fused-ring (bicyclic) bond motifs is 1. The molecule has 1 aliphatic heterocycles. The maximum absolute atomic E-state index is 13.0. The minimum absolute atomic E-state index is 0.125. The van der Waals surface area contributed by atoms with Crippen molar-refractivity contribution in [3.05, 3.63) is 29.3 Å². The topological polar surface area (TPSA) is 168 Å². The van der Waals surface area contributed by atoms with E-state index < -0.39 is 46.3 Å². The highest BCUT2D eigenvalue weighted by molar-refractivity contribution is 7.87. The van der Waals surface area contributed by atoms with Gasteiger partial charge in [0.05, 0.1) is 12.1 Å². The van der Waals surface area contributed by atoms with Gasteiger partial charge in [-0.25, -0.2) is 4.79 Å². The SMILES string of the molecule is CC(C)(C)OC(=O)N[C@H](CC(N)=O)C(=O)N1CCc2ccc(NS(=O)(=O)O)cc2C1. The van der Waals surface area contributed by atoms with Crippen molar-refractivity contribution in [1.82, 2.24) is 10.2 Å². The summed E-state index contributed by atoms with van der Waals surface area (Å²) in [5.41, 5.74) is 6.16. The zero-order valence-electron chi connectivity index (χ0n) is 17.0. The third-order valence-electron chi connectivity index (χ3n) is 4.17. The molecule has 0 aliphatic carbocycles. The van der Waals surface area contributed by atoms with Crippen LogP contribution in [0.1, 0.15) is 38.3 Å². The molecule has 1 atom stereocenters. The van der Waals surface area contributed by atoms with Crippen molar-refractivity contribution in [1.29, 1.82) is 0 Å². The monoisotopic (exact) mass is 442 g/mol. The molecule has 1 aromatic carbocycles. The molecule has 0 unspecified atom stereocenters. The summed E-state index contributed by atoms with van der Waals surface area (Å²) in [5, 5.41) is 2.39. The van der Waals surface area contributed by atoms with Gasteiger partial charge in [0.25, 0.3) is 0 Å². The number of anilines is 1. The molecule has 1 aromatic rings. The van der Waals surface area contributed by atoms with Gasteiger partial charge in [0, 0.05) is 13.1 Å². The number of hydrogen-bond donors (Lipinski definition) is 4. The molecule has 30 heavy (non-hydrogen) atoms. The number of nitrogens with zero attached hydrogens (tertiary/aromatic N) is 1. The number of carbonyl (C=O) groups excluding carboxylic acids is 3. The number of benzene rings is 1. The van der Waals surface area contributed by atoms with Crippen molar-refractivity contribution in [3.63, 3.8) is 0 Å². The summed E-state index contributed by atoms with van der Waals surface area (Å²) in [4.78, 5) is 37.9. The first-order valence-corrected chi connectivity index (χ1v) is 10.6. The van der Waals surface area contributed by atoms with Crippen LogP contribution in [0.15, 0.2) is 18.2 Å². The van der Waals surface area contributed by atoms with Crippen LogP contribution in [-0.4, -0.2) is 54.0 Å². The van der Waals surface area contributed by atoms with Crippen LogP contribution in [0.3, 0.4) is 0 Å². The van der Waals surface area contributed by atoms with E-state index >= 15 is 0 Å². The Morgan fingerprint density at radius 3 is 2.50 bits per heavy atom. The van der Waals surface area contributed by atoms with Gasteiger partial charge >= 0.3 is 16.4 Å². The van der Waals surface area contributed by atoms with E-state index in [4.69, 9.17) is 15.0 Å². The van der Waals surface area contributed by atoms with Gasteiger partial charge in [-0.1, -0.05) is 6.07 Å². The fourth-order valence-corrected chi connectivity index (χ4v) is 3.45. The molecule has 0 aromatic heterocycles. The fourth-order valence-electron chi connectivity index (χ4n) is 3.03. The van der Waals surface area contributed by atoms with Crippen molar-refractivity contribution in [2.75, 3.05) is 11.3 Å². The molecular formula is C18H26N4O7S. The Morgan fingerprint density at radius 2 is 1.93 bits per heavy atom. The molecule has 0 fully saturated rings. The van der Waals surface area contributed by atoms with Gasteiger partial charge in [0.15, 0.2) is 0 Å². The highest BCUT2D eigenvalue weighted by Gasteiger charge is 2.31. The second-order valence-electron chi connectivity index (χ2n) is 7.94. The summed E-state index contributed by atoms with van der Waals surface area (Å²) in [7, 11) is -4.43. The zero-order chi connectivity index (χ0) is 22.7. The fraction of sp³-hybridized carbons (Fsp3) is 0.500. The molecule has 2 rings (SSSR count). The second kappa shape index (κ2) is 8.88. The second-order valence-corrected chi connectivity index (χ2v) is 9.09. The Kier molecular flexibility index (Phi) is 6.93. The lowest BCUT2D eigenvalue weighted by atomic mass is 9.98. The number of nitrogens with two attached hydrogens (primary N) is 1. The van der Waals surface area contributed by atoms with E-state index in [0.29, 0.717) is 18.5 Å². The van der Waals surface area contributed by atoms with Gasteiger partial charge in [0.2, 0.25) is 11.8 Å². The third kappa shape index (κ3) is 7.19. The summed E-state index contributed by atoms with van der Waals surface area (Å²) >= 11 is 0. The first kappa shape index (κ1) is 23.4. The molecule has 166 valence electrons. The van der Waals surface area contributed by atoms with Gasteiger partial charge in [-0.05, 0) is 50.5 Å². The van der Waals surface area contributed by atoms with Crippen molar-refractivity contribution in [3.8, 4) is 0 Å². The lowest BCUT2D eigenvalue weighted by molar-refractivity contribution is -0.136. The minimum atomic E-state index is -4.43. The predicted octanol–water partition coefficient (Wildman–Crippen LogP) is 0.555. The standard InChI is InChI=1S/C18H26N4O7S/c1-18(2,3)29-17(25)20-14(9-15(19)23)16(24)22-7-6-11-4-5-13(8-12(11)10-22)21-30(26,27)28/h4-5,8,14,21H,6-7,9-10H2,1-3H3,(H2,19,23)(H,20,25)(H,26,27,28)/t14-/m1/s1. The van der Waals surface area contributed by atoms with E-state index in [9.17, 15) is 22.8 Å². The lowest BCUT2D eigenvalue weighted by Crippen LogP contribution is -2.52. The maximum atomic E-state index is 13.0. The number of rotatable bonds is 6. The average molecular weight is 442 g/mol. The number of amides is 3. The Bertz CT molecular complexity index is 940. The number of primary amides is 1. The zero-order valence-corrected chi connectivity index (χ0v) is 17.8. The maximum Gasteiger partial charge on any atom is 0.408 e. The van der Waals surface area contributed by atoms with Crippen LogP contribution < -0.4 is 15.8 Å². The van der Waals surface area contributed by atoms with Crippen molar-refractivity contribution >= 4 is 33.9 Å². The Hall–Kier alpha value is -2.86. The van der Waals surface area contributed by atoms with Gasteiger partial charge < -0.3 is 20.7 Å². The minimum Gasteiger partial charge on any atom is -0.444 e. The van der Waals surface area contributed by atoms with Crippen LogP contribution in [0.5, 0.6) is 0 Å². The molecule has 12 heteroatoms. The van der Waals surface area contributed by atoms with Crippen molar-refractivity contribution in [2.24, 2.45) is 5.73 Å². The van der Waals surface area contributed by atoms with Gasteiger partial charge in [-0.2, -0.15) is 8.42 Å². The molecule has 0 radical (unpaired) electrons. The first-order chi connectivity index (χ1) is 13.7. The van der Waals surface area contributed by atoms with Crippen molar-refractivity contribution in [2.45, 2.75) is 51.8 Å². The Morgan fingerprint density at radius 1 is 1.27 bits per heavy atom. The van der Waals surface area contributed by atoms with E-state index in [1.807, 2.05) is 4.72 Å². The summed E-state index contributed by atoms with van der Waals surface area (Å²) in [6.45, 7) is 5.45. The Balaban J connectivity index is 2.16. The van der Waals surface area contributed by atoms with Crippen LogP contribution >= 0.6 is 0 Å². The van der Waals surface area contributed by atoms with E-state index in [2.05, 4.69) is 5.32 Å². The molecule has 1 aliphatic rings. The number of ether oxygens (including phenoxy) is 1. The molecule has 5 N–H and O–H groups in total. The summed E-state index contributed by atoms with van der Waals surface area (Å²) in [5.74, 6) is -1.28. The van der Waals surface area contributed by atoms with E-state index in [1.54, 1.807) is 26.8 Å². The first-order valence-electron chi connectivity index (χ1n) is 9.17. The van der Waals surface area contributed by atoms with Gasteiger partial charge in [0.1, 0.15) is 11.6 Å². The molecule has 11 nitrogen and oxygen atoms in total. The van der Waals surface area contributed by atoms with Crippen LogP contribution in [0.25, 0.3) is 0 Å². The van der Waals surface area contributed by atoms with Gasteiger partial charge in [-0.3, -0.25) is 18.9 Å². The normalized spacial score (nSPS) is 15.0. The quantitative estimate of drug-likeness (QED) is 0.467. The molecule has 0 spiro atoms.